The molecule has 3 heterocycles. The van der Waals surface area contributed by atoms with E-state index in [4.69, 9.17) is 9.73 Å². The van der Waals surface area contributed by atoms with Gasteiger partial charge in [0.05, 0.1) is 6.54 Å². The van der Waals surface area contributed by atoms with E-state index in [0.717, 1.165) is 64.6 Å². The zero-order chi connectivity index (χ0) is 20.7. The summed E-state index contributed by atoms with van der Waals surface area (Å²) >= 11 is 0. The molecule has 172 valence electrons. The van der Waals surface area contributed by atoms with Gasteiger partial charge in [0.25, 0.3) is 0 Å². The summed E-state index contributed by atoms with van der Waals surface area (Å²) in [5.41, 5.74) is 1.49. The molecule has 2 saturated heterocycles. The van der Waals surface area contributed by atoms with Crippen molar-refractivity contribution < 1.29 is 4.74 Å². The van der Waals surface area contributed by atoms with Crippen LogP contribution in [0.5, 0.6) is 0 Å². The van der Waals surface area contributed by atoms with Gasteiger partial charge < -0.3 is 19.9 Å². The SMILES string of the molecule is CCNC(=NCC1(N2CCCC2)CCOCC1)NCCCn1ccc2ccccc21.I. The molecule has 31 heavy (non-hydrogen) atoms. The highest BCUT2D eigenvalue weighted by atomic mass is 127. The summed E-state index contributed by atoms with van der Waals surface area (Å²) < 4.78 is 8.01. The average molecular weight is 540 g/mol. The quantitative estimate of drug-likeness (QED) is 0.232. The molecule has 0 bridgehead atoms. The van der Waals surface area contributed by atoms with Crippen molar-refractivity contribution in [2.75, 3.05) is 45.9 Å². The summed E-state index contributed by atoms with van der Waals surface area (Å²) in [6, 6.07) is 10.8. The second-order valence-electron chi connectivity index (χ2n) is 8.57. The van der Waals surface area contributed by atoms with Gasteiger partial charge in [-0.15, -0.1) is 24.0 Å². The second kappa shape index (κ2) is 12.1. The van der Waals surface area contributed by atoms with Crippen LogP contribution in [0, 0.1) is 0 Å². The largest absolute Gasteiger partial charge is 0.381 e. The van der Waals surface area contributed by atoms with Crippen LogP contribution in [-0.2, 0) is 11.3 Å². The molecule has 2 N–H and O–H groups in total. The Bertz CT molecular complexity index is 824. The molecule has 1 aromatic heterocycles. The zero-order valence-electron chi connectivity index (χ0n) is 18.8. The fourth-order valence-electron chi connectivity index (χ4n) is 4.88. The highest BCUT2D eigenvalue weighted by Crippen LogP contribution is 2.31. The third-order valence-electron chi connectivity index (χ3n) is 6.62. The Kier molecular flexibility index (Phi) is 9.47. The van der Waals surface area contributed by atoms with Crippen molar-refractivity contribution in [2.45, 2.75) is 51.1 Å². The number of rotatable bonds is 8. The first-order valence-corrected chi connectivity index (χ1v) is 11.7. The van der Waals surface area contributed by atoms with Crippen LogP contribution < -0.4 is 10.6 Å². The Hall–Kier alpha value is -1.32. The minimum Gasteiger partial charge on any atom is -0.381 e. The van der Waals surface area contributed by atoms with Crippen molar-refractivity contribution in [1.29, 1.82) is 0 Å². The van der Waals surface area contributed by atoms with E-state index in [2.05, 4.69) is 63.6 Å². The van der Waals surface area contributed by atoms with Crippen LogP contribution in [0.2, 0.25) is 0 Å². The maximum absolute atomic E-state index is 5.68. The van der Waals surface area contributed by atoms with Gasteiger partial charge in [0.15, 0.2) is 5.96 Å². The number of fused-ring (bicyclic) bond motifs is 1. The summed E-state index contributed by atoms with van der Waals surface area (Å²) in [7, 11) is 0. The number of nitrogens with one attached hydrogen (secondary N) is 2. The first-order chi connectivity index (χ1) is 14.8. The van der Waals surface area contributed by atoms with Crippen LogP contribution in [-0.4, -0.2) is 66.9 Å². The highest BCUT2D eigenvalue weighted by Gasteiger charge is 2.39. The number of likely N-dealkylation sites (tertiary alicyclic amines) is 1. The summed E-state index contributed by atoms with van der Waals surface area (Å²) in [4.78, 5) is 7.71. The van der Waals surface area contributed by atoms with Crippen molar-refractivity contribution in [3.63, 3.8) is 0 Å². The molecule has 6 nitrogen and oxygen atoms in total. The molecule has 7 heteroatoms. The number of halogens is 1. The number of hydrogen-bond acceptors (Lipinski definition) is 3. The summed E-state index contributed by atoms with van der Waals surface area (Å²) in [5.74, 6) is 0.944. The summed E-state index contributed by atoms with van der Waals surface area (Å²) in [6.07, 6.45) is 8.08. The molecule has 0 spiro atoms. The van der Waals surface area contributed by atoms with E-state index in [1.165, 1.54) is 36.8 Å². The van der Waals surface area contributed by atoms with E-state index in [9.17, 15) is 0 Å². The van der Waals surface area contributed by atoms with Crippen molar-refractivity contribution in [3.05, 3.63) is 36.5 Å². The van der Waals surface area contributed by atoms with E-state index < -0.39 is 0 Å². The molecule has 0 amide bonds. The Labute approximate surface area is 203 Å². The van der Waals surface area contributed by atoms with Gasteiger partial charge in [-0.2, -0.15) is 0 Å². The fraction of sp³-hybridized carbons (Fsp3) is 0.625. The molecular formula is C24H38IN5O. The number of guanidine groups is 1. The molecule has 0 unspecified atom stereocenters. The molecule has 1 aromatic carbocycles. The monoisotopic (exact) mass is 539 g/mol. The van der Waals surface area contributed by atoms with Gasteiger partial charge in [-0.25, -0.2) is 0 Å². The lowest BCUT2D eigenvalue weighted by Crippen LogP contribution is -2.54. The molecule has 0 atom stereocenters. The maximum Gasteiger partial charge on any atom is 0.191 e. The van der Waals surface area contributed by atoms with Gasteiger partial charge in [0.1, 0.15) is 0 Å². The molecule has 2 fully saturated rings. The summed E-state index contributed by atoms with van der Waals surface area (Å²) in [6.45, 7) is 9.94. The minimum absolute atomic E-state index is 0. The lowest BCUT2D eigenvalue weighted by Gasteiger charge is -2.43. The lowest BCUT2D eigenvalue weighted by atomic mass is 9.88. The minimum atomic E-state index is 0. The molecule has 2 aliphatic rings. The zero-order valence-corrected chi connectivity index (χ0v) is 21.1. The van der Waals surface area contributed by atoms with Crippen LogP contribution in [0.3, 0.4) is 0 Å². The second-order valence-corrected chi connectivity index (χ2v) is 8.57. The van der Waals surface area contributed by atoms with E-state index in [0.29, 0.717) is 0 Å². The first kappa shape index (κ1) is 24.3. The van der Waals surface area contributed by atoms with Gasteiger partial charge in [0, 0.05) is 50.1 Å². The molecule has 0 aliphatic carbocycles. The average Bonchev–Trinajstić information content (AvgIpc) is 3.46. The predicted molar refractivity (Wildman–Crippen MR) is 140 cm³/mol. The maximum atomic E-state index is 5.68. The highest BCUT2D eigenvalue weighted by molar-refractivity contribution is 14.0. The van der Waals surface area contributed by atoms with Crippen molar-refractivity contribution in [2.24, 2.45) is 4.99 Å². The first-order valence-electron chi connectivity index (χ1n) is 11.7. The van der Waals surface area contributed by atoms with E-state index in [-0.39, 0.29) is 29.5 Å². The third kappa shape index (κ3) is 6.14. The summed E-state index contributed by atoms with van der Waals surface area (Å²) in [5, 5.41) is 8.30. The standard InChI is InChI=1S/C24H37N5O.HI/c1-2-25-23(26-13-7-14-28-17-10-21-8-3-4-9-22(21)28)27-20-24(11-18-30-19-12-24)29-15-5-6-16-29;/h3-4,8-10,17H,2,5-7,11-16,18-20H2,1H3,(H2,25,26,27);1H. The predicted octanol–water partition coefficient (Wildman–Crippen LogP) is 3.85. The van der Waals surface area contributed by atoms with Gasteiger partial charge in [0.2, 0.25) is 0 Å². The normalized spacial score (nSPS) is 19.3. The van der Waals surface area contributed by atoms with Crippen LogP contribution in [0.4, 0.5) is 0 Å². The molecular weight excluding hydrogens is 501 g/mol. The number of para-hydroxylation sites is 1. The number of aryl methyl sites for hydroxylation is 1. The van der Waals surface area contributed by atoms with Crippen molar-refractivity contribution >= 4 is 40.8 Å². The number of hydrogen-bond donors (Lipinski definition) is 2. The van der Waals surface area contributed by atoms with Crippen LogP contribution in [0.1, 0.15) is 39.0 Å². The number of aromatic nitrogens is 1. The number of ether oxygens (including phenoxy) is 1. The van der Waals surface area contributed by atoms with Crippen LogP contribution in [0.15, 0.2) is 41.5 Å². The Morgan fingerprint density at radius 3 is 2.65 bits per heavy atom. The molecule has 2 aliphatic heterocycles. The Balaban J connectivity index is 0.00000272. The molecule has 4 rings (SSSR count). The Morgan fingerprint density at radius 1 is 1.10 bits per heavy atom. The number of nitrogens with zero attached hydrogens (tertiary/aromatic N) is 3. The number of benzene rings is 1. The van der Waals surface area contributed by atoms with Gasteiger partial charge >= 0.3 is 0 Å². The van der Waals surface area contributed by atoms with Gasteiger partial charge in [-0.3, -0.25) is 9.89 Å². The van der Waals surface area contributed by atoms with E-state index >= 15 is 0 Å². The smallest absolute Gasteiger partial charge is 0.191 e. The lowest BCUT2D eigenvalue weighted by molar-refractivity contribution is -0.0139. The van der Waals surface area contributed by atoms with E-state index in [1.54, 1.807) is 0 Å². The molecule has 2 aromatic rings. The van der Waals surface area contributed by atoms with Crippen LogP contribution >= 0.6 is 24.0 Å². The van der Waals surface area contributed by atoms with Crippen molar-refractivity contribution in [1.82, 2.24) is 20.1 Å². The topological polar surface area (TPSA) is 53.8 Å². The van der Waals surface area contributed by atoms with Gasteiger partial charge in [-0.1, -0.05) is 18.2 Å². The fourth-order valence-corrected chi connectivity index (χ4v) is 4.88. The van der Waals surface area contributed by atoms with Crippen molar-refractivity contribution in [3.8, 4) is 0 Å². The van der Waals surface area contributed by atoms with Gasteiger partial charge in [-0.05, 0) is 69.6 Å². The third-order valence-corrected chi connectivity index (χ3v) is 6.62. The molecule has 0 saturated carbocycles. The Morgan fingerprint density at radius 2 is 1.87 bits per heavy atom. The van der Waals surface area contributed by atoms with E-state index in [1.807, 2.05) is 0 Å². The van der Waals surface area contributed by atoms with Crippen LogP contribution in [0.25, 0.3) is 10.9 Å². The molecule has 0 radical (unpaired) electrons. The number of aliphatic imine (C=N–C) groups is 1.